The van der Waals surface area contributed by atoms with E-state index in [9.17, 15) is 4.79 Å². The van der Waals surface area contributed by atoms with Gasteiger partial charge in [0, 0.05) is 29.7 Å². The molecule has 22 heavy (non-hydrogen) atoms. The van der Waals surface area contributed by atoms with Gasteiger partial charge in [0.1, 0.15) is 0 Å². The molecule has 0 saturated heterocycles. The monoisotopic (exact) mass is 298 g/mol. The number of H-pyrrole nitrogens is 1. The molecule has 0 bridgehead atoms. The van der Waals surface area contributed by atoms with Crippen molar-refractivity contribution in [1.29, 1.82) is 0 Å². The van der Waals surface area contributed by atoms with Gasteiger partial charge in [-0.05, 0) is 38.5 Å². The first-order chi connectivity index (χ1) is 10.6. The SMILES string of the molecule is CCOC(=O)[C@H](Cc1c[nH]c2ccccc12)N=CC=C(C)C. The first-order valence-corrected chi connectivity index (χ1v) is 7.50. The maximum atomic E-state index is 12.1. The van der Waals surface area contributed by atoms with Crippen LogP contribution in [0.2, 0.25) is 0 Å². The third-order valence-electron chi connectivity index (χ3n) is 3.32. The Balaban J connectivity index is 2.23. The van der Waals surface area contributed by atoms with E-state index in [1.165, 1.54) is 0 Å². The zero-order valence-electron chi connectivity index (χ0n) is 13.3. The van der Waals surface area contributed by atoms with Crippen LogP contribution >= 0.6 is 0 Å². The number of benzene rings is 1. The zero-order valence-corrected chi connectivity index (χ0v) is 13.3. The van der Waals surface area contributed by atoms with Gasteiger partial charge in [-0.25, -0.2) is 4.79 Å². The van der Waals surface area contributed by atoms with E-state index >= 15 is 0 Å². The highest BCUT2D eigenvalue weighted by molar-refractivity contribution is 5.85. The van der Waals surface area contributed by atoms with Gasteiger partial charge in [-0.3, -0.25) is 4.99 Å². The Labute approximate surface area is 130 Å². The van der Waals surface area contributed by atoms with Crippen LogP contribution in [0, 0.1) is 0 Å². The highest BCUT2D eigenvalue weighted by Crippen LogP contribution is 2.20. The molecule has 0 aliphatic rings. The van der Waals surface area contributed by atoms with Gasteiger partial charge < -0.3 is 9.72 Å². The van der Waals surface area contributed by atoms with Crippen molar-refractivity contribution in [3.05, 3.63) is 47.7 Å². The fourth-order valence-corrected chi connectivity index (χ4v) is 2.24. The van der Waals surface area contributed by atoms with Crippen molar-refractivity contribution in [2.75, 3.05) is 6.61 Å². The van der Waals surface area contributed by atoms with E-state index < -0.39 is 6.04 Å². The van der Waals surface area contributed by atoms with Crippen LogP contribution < -0.4 is 0 Å². The molecule has 0 aliphatic heterocycles. The van der Waals surface area contributed by atoms with Crippen LogP contribution in [-0.4, -0.2) is 29.8 Å². The van der Waals surface area contributed by atoms with Gasteiger partial charge in [0.05, 0.1) is 6.61 Å². The van der Waals surface area contributed by atoms with Crippen molar-refractivity contribution in [3.63, 3.8) is 0 Å². The molecule has 1 N–H and O–H groups in total. The Bertz CT molecular complexity index is 694. The number of rotatable bonds is 6. The lowest BCUT2D eigenvalue weighted by molar-refractivity contribution is -0.144. The number of aromatic amines is 1. The summed E-state index contributed by atoms with van der Waals surface area (Å²) in [5, 5.41) is 1.12. The van der Waals surface area contributed by atoms with Gasteiger partial charge in [-0.1, -0.05) is 23.8 Å². The molecule has 1 atom stereocenters. The molecule has 2 rings (SSSR count). The Kier molecular flexibility index (Phi) is 5.53. The Hall–Kier alpha value is -2.36. The van der Waals surface area contributed by atoms with E-state index in [1.807, 2.05) is 50.4 Å². The Morgan fingerprint density at radius 2 is 2.14 bits per heavy atom. The lowest BCUT2D eigenvalue weighted by Gasteiger charge is -2.10. The summed E-state index contributed by atoms with van der Waals surface area (Å²) in [5.41, 5.74) is 3.27. The number of nitrogens with zero attached hydrogens (tertiary/aromatic N) is 1. The third-order valence-corrected chi connectivity index (χ3v) is 3.32. The first-order valence-electron chi connectivity index (χ1n) is 7.50. The van der Waals surface area contributed by atoms with E-state index in [-0.39, 0.29) is 5.97 Å². The van der Waals surface area contributed by atoms with Crippen molar-refractivity contribution in [1.82, 2.24) is 4.98 Å². The van der Waals surface area contributed by atoms with Gasteiger partial charge in [-0.15, -0.1) is 0 Å². The number of hydrogen-bond donors (Lipinski definition) is 1. The number of aromatic nitrogens is 1. The molecule has 0 saturated carbocycles. The molecular formula is C18H22N2O2. The number of aliphatic imine (C=N–C) groups is 1. The van der Waals surface area contributed by atoms with Crippen molar-refractivity contribution in [2.24, 2.45) is 4.99 Å². The Morgan fingerprint density at radius 3 is 2.86 bits per heavy atom. The molecule has 4 heteroatoms. The minimum absolute atomic E-state index is 0.286. The molecule has 0 amide bonds. The molecule has 0 unspecified atom stereocenters. The van der Waals surface area contributed by atoms with Crippen LogP contribution in [0.3, 0.4) is 0 Å². The molecule has 4 nitrogen and oxygen atoms in total. The summed E-state index contributed by atoms with van der Waals surface area (Å²) in [5.74, 6) is -0.286. The molecule has 0 aliphatic carbocycles. The van der Waals surface area contributed by atoms with Gasteiger partial charge in [-0.2, -0.15) is 0 Å². The summed E-state index contributed by atoms with van der Waals surface area (Å²) in [6.07, 6.45) is 6.04. The predicted molar refractivity (Wildman–Crippen MR) is 90.3 cm³/mol. The zero-order chi connectivity index (χ0) is 15.9. The van der Waals surface area contributed by atoms with E-state index in [2.05, 4.69) is 9.98 Å². The lowest BCUT2D eigenvalue weighted by Crippen LogP contribution is -2.24. The lowest BCUT2D eigenvalue weighted by atomic mass is 10.1. The normalized spacial score (nSPS) is 12.5. The summed E-state index contributed by atoms with van der Waals surface area (Å²) >= 11 is 0. The predicted octanol–water partition coefficient (Wildman–Crippen LogP) is 3.68. The number of fused-ring (bicyclic) bond motifs is 1. The summed E-state index contributed by atoms with van der Waals surface area (Å²) in [6.45, 7) is 6.15. The molecule has 1 aromatic carbocycles. The van der Waals surface area contributed by atoms with Gasteiger partial charge in [0.2, 0.25) is 0 Å². The molecule has 0 radical (unpaired) electrons. The maximum Gasteiger partial charge on any atom is 0.331 e. The van der Waals surface area contributed by atoms with E-state index in [0.29, 0.717) is 13.0 Å². The van der Waals surface area contributed by atoms with Crippen molar-refractivity contribution >= 4 is 23.1 Å². The minimum atomic E-state index is -0.519. The molecule has 0 spiro atoms. The van der Waals surface area contributed by atoms with Crippen molar-refractivity contribution in [3.8, 4) is 0 Å². The number of ether oxygens (including phenoxy) is 1. The van der Waals surface area contributed by atoms with Crippen molar-refractivity contribution in [2.45, 2.75) is 33.2 Å². The van der Waals surface area contributed by atoms with Crippen LogP contribution in [0.5, 0.6) is 0 Å². The topological polar surface area (TPSA) is 54.5 Å². The van der Waals surface area contributed by atoms with Gasteiger partial charge in [0.15, 0.2) is 6.04 Å². The van der Waals surface area contributed by atoms with E-state index in [4.69, 9.17) is 4.74 Å². The number of nitrogens with one attached hydrogen (secondary N) is 1. The minimum Gasteiger partial charge on any atom is -0.464 e. The average Bonchev–Trinajstić information content (AvgIpc) is 2.89. The smallest absolute Gasteiger partial charge is 0.331 e. The largest absolute Gasteiger partial charge is 0.464 e. The highest BCUT2D eigenvalue weighted by Gasteiger charge is 2.20. The molecule has 116 valence electrons. The first kappa shape index (κ1) is 16.0. The van der Waals surface area contributed by atoms with Crippen LogP contribution in [0.4, 0.5) is 0 Å². The fourth-order valence-electron chi connectivity index (χ4n) is 2.24. The summed E-state index contributed by atoms with van der Waals surface area (Å²) < 4.78 is 5.14. The molecular weight excluding hydrogens is 276 g/mol. The number of carbonyl (C=O) groups is 1. The second kappa shape index (κ2) is 7.59. The van der Waals surface area contributed by atoms with E-state index in [0.717, 1.165) is 22.0 Å². The number of carbonyl (C=O) groups excluding carboxylic acids is 1. The van der Waals surface area contributed by atoms with Crippen LogP contribution in [0.1, 0.15) is 26.3 Å². The summed E-state index contributed by atoms with van der Waals surface area (Å²) in [6, 6.07) is 7.52. The van der Waals surface area contributed by atoms with Crippen LogP contribution in [0.15, 0.2) is 47.1 Å². The quantitative estimate of drug-likeness (QED) is 0.653. The van der Waals surface area contributed by atoms with Gasteiger partial charge >= 0.3 is 5.97 Å². The number of allylic oxidation sites excluding steroid dienone is 2. The number of esters is 1. The van der Waals surface area contributed by atoms with Crippen LogP contribution in [-0.2, 0) is 16.0 Å². The van der Waals surface area contributed by atoms with Crippen molar-refractivity contribution < 1.29 is 9.53 Å². The molecule has 1 heterocycles. The second-order valence-corrected chi connectivity index (χ2v) is 5.37. The Morgan fingerprint density at radius 1 is 1.36 bits per heavy atom. The average molecular weight is 298 g/mol. The molecule has 2 aromatic rings. The molecule has 1 aromatic heterocycles. The fraction of sp³-hybridized carbons (Fsp3) is 0.333. The summed E-state index contributed by atoms with van der Waals surface area (Å²) in [7, 11) is 0. The van der Waals surface area contributed by atoms with Crippen LogP contribution in [0.25, 0.3) is 10.9 Å². The number of hydrogen-bond acceptors (Lipinski definition) is 3. The van der Waals surface area contributed by atoms with E-state index in [1.54, 1.807) is 13.1 Å². The summed E-state index contributed by atoms with van der Waals surface area (Å²) in [4.78, 5) is 19.7. The highest BCUT2D eigenvalue weighted by atomic mass is 16.5. The third kappa shape index (κ3) is 4.07. The van der Waals surface area contributed by atoms with Gasteiger partial charge in [0.25, 0.3) is 0 Å². The standard InChI is InChI=1S/C18H22N2O2/c1-4-22-18(21)17(19-10-9-13(2)3)11-14-12-20-16-8-6-5-7-15(14)16/h5-10,12,17,20H,4,11H2,1-3H3/t17-/m0/s1. The second-order valence-electron chi connectivity index (χ2n) is 5.37. The number of para-hydroxylation sites is 1. The maximum absolute atomic E-state index is 12.1. The molecule has 0 fully saturated rings.